The highest BCUT2D eigenvalue weighted by Crippen LogP contribution is 2.21. The molecule has 1 atom stereocenters. The molecule has 0 aromatic heterocycles. The van der Waals surface area contributed by atoms with Crippen LogP contribution in [-0.4, -0.2) is 35.1 Å². The van der Waals surface area contributed by atoms with Gasteiger partial charge in [-0.2, -0.15) is 0 Å². The molecule has 6 heteroatoms. The van der Waals surface area contributed by atoms with Crippen molar-refractivity contribution in [3.8, 4) is 0 Å². The number of likely N-dealkylation sites (tertiary alicyclic amines) is 1. The number of rotatable bonds is 2. The molecule has 0 radical (unpaired) electrons. The van der Waals surface area contributed by atoms with Gasteiger partial charge >= 0.3 is 12.0 Å². The highest BCUT2D eigenvalue weighted by atomic mass is 79.9. The summed E-state index contributed by atoms with van der Waals surface area (Å²) < 4.78 is 0.986. The number of amides is 2. The van der Waals surface area contributed by atoms with Crippen LogP contribution in [0.4, 0.5) is 10.5 Å². The average Bonchev–Trinajstić information content (AvgIpc) is 2.43. The lowest BCUT2D eigenvalue weighted by atomic mass is 9.99. The van der Waals surface area contributed by atoms with E-state index in [9.17, 15) is 9.59 Å². The van der Waals surface area contributed by atoms with E-state index in [1.807, 2.05) is 25.1 Å². The molecule has 0 bridgehead atoms. The monoisotopic (exact) mass is 340 g/mol. The molecule has 1 unspecified atom stereocenters. The van der Waals surface area contributed by atoms with Gasteiger partial charge in [-0.15, -0.1) is 0 Å². The maximum absolute atomic E-state index is 12.1. The van der Waals surface area contributed by atoms with Gasteiger partial charge in [0.2, 0.25) is 0 Å². The van der Waals surface area contributed by atoms with Gasteiger partial charge in [-0.1, -0.05) is 15.9 Å². The first kappa shape index (κ1) is 14.8. The number of piperidine rings is 1. The number of hydrogen-bond acceptors (Lipinski definition) is 2. The molecule has 0 aliphatic carbocycles. The predicted molar refractivity (Wildman–Crippen MR) is 79.8 cm³/mol. The molecule has 5 nitrogen and oxygen atoms in total. The molecule has 2 rings (SSSR count). The van der Waals surface area contributed by atoms with Crippen LogP contribution in [0.15, 0.2) is 22.7 Å². The number of carbonyl (C=O) groups excluding carboxylic acids is 1. The van der Waals surface area contributed by atoms with E-state index in [1.165, 1.54) is 0 Å². The molecule has 1 aliphatic heterocycles. The molecule has 1 aromatic rings. The summed E-state index contributed by atoms with van der Waals surface area (Å²) in [6.07, 6.45) is 1.36. The third-order valence-electron chi connectivity index (χ3n) is 3.47. The minimum absolute atomic E-state index is 0.238. The Labute approximate surface area is 126 Å². The first-order valence-corrected chi connectivity index (χ1v) is 7.31. The Morgan fingerprint density at radius 1 is 1.45 bits per heavy atom. The van der Waals surface area contributed by atoms with Crippen LogP contribution in [0.25, 0.3) is 0 Å². The zero-order valence-electron chi connectivity index (χ0n) is 11.2. The number of nitrogens with one attached hydrogen (secondary N) is 1. The summed E-state index contributed by atoms with van der Waals surface area (Å²) in [4.78, 5) is 24.7. The Hall–Kier alpha value is -1.56. The third kappa shape index (κ3) is 3.50. The molecule has 1 aliphatic rings. The van der Waals surface area contributed by atoms with E-state index in [0.29, 0.717) is 18.7 Å². The number of aliphatic carboxylic acids is 1. The number of halogens is 1. The molecule has 1 heterocycles. The molecule has 1 fully saturated rings. The fourth-order valence-electron chi connectivity index (χ4n) is 2.29. The van der Waals surface area contributed by atoms with Crippen molar-refractivity contribution in [2.45, 2.75) is 19.8 Å². The van der Waals surface area contributed by atoms with Crippen molar-refractivity contribution in [1.82, 2.24) is 4.90 Å². The molecule has 108 valence electrons. The van der Waals surface area contributed by atoms with Crippen molar-refractivity contribution in [2.75, 3.05) is 18.4 Å². The topological polar surface area (TPSA) is 69.6 Å². The van der Waals surface area contributed by atoms with Gasteiger partial charge in [0.1, 0.15) is 0 Å². The van der Waals surface area contributed by atoms with Crippen molar-refractivity contribution in [2.24, 2.45) is 5.92 Å². The van der Waals surface area contributed by atoms with Crippen molar-refractivity contribution in [3.05, 3.63) is 28.2 Å². The molecule has 2 N–H and O–H groups in total. The number of nitrogens with zero attached hydrogens (tertiary/aromatic N) is 1. The Kier molecular flexibility index (Phi) is 4.65. The van der Waals surface area contributed by atoms with Gasteiger partial charge in [0, 0.05) is 23.2 Å². The van der Waals surface area contributed by atoms with Gasteiger partial charge in [-0.05, 0) is 43.5 Å². The van der Waals surface area contributed by atoms with Crippen molar-refractivity contribution < 1.29 is 14.7 Å². The van der Waals surface area contributed by atoms with Gasteiger partial charge in [-0.25, -0.2) is 4.79 Å². The van der Waals surface area contributed by atoms with E-state index in [0.717, 1.165) is 16.5 Å². The number of aryl methyl sites for hydroxylation is 1. The van der Waals surface area contributed by atoms with Crippen LogP contribution in [0, 0.1) is 12.8 Å². The summed E-state index contributed by atoms with van der Waals surface area (Å²) in [6, 6.07) is 5.33. The number of carbonyl (C=O) groups is 2. The van der Waals surface area contributed by atoms with Crippen LogP contribution in [0.3, 0.4) is 0 Å². The van der Waals surface area contributed by atoms with Crippen LogP contribution >= 0.6 is 15.9 Å². The number of carboxylic acids is 1. The summed E-state index contributed by atoms with van der Waals surface area (Å²) in [6.45, 7) is 2.82. The van der Waals surface area contributed by atoms with Gasteiger partial charge in [-0.3, -0.25) is 4.79 Å². The van der Waals surface area contributed by atoms with E-state index in [4.69, 9.17) is 5.11 Å². The largest absolute Gasteiger partial charge is 0.481 e. The lowest BCUT2D eigenvalue weighted by molar-refractivity contribution is -0.143. The van der Waals surface area contributed by atoms with Crippen LogP contribution in [0.5, 0.6) is 0 Å². The van der Waals surface area contributed by atoms with E-state index in [2.05, 4.69) is 21.2 Å². The molecular formula is C14H17BrN2O3. The number of benzene rings is 1. The quantitative estimate of drug-likeness (QED) is 0.869. The second-order valence-electron chi connectivity index (χ2n) is 5.02. The second-order valence-corrected chi connectivity index (χ2v) is 5.87. The number of anilines is 1. The van der Waals surface area contributed by atoms with Gasteiger partial charge < -0.3 is 15.3 Å². The van der Waals surface area contributed by atoms with Gasteiger partial charge in [0.25, 0.3) is 0 Å². The minimum Gasteiger partial charge on any atom is -0.481 e. The van der Waals surface area contributed by atoms with Crippen LogP contribution in [-0.2, 0) is 4.79 Å². The standard InChI is InChI=1S/C14H17BrN2O3/c1-9-7-11(4-5-12(9)15)16-14(20)17-6-2-3-10(8-17)13(18)19/h4-5,7,10H,2-3,6,8H2,1H3,(H,16,20)(H,18,19). The maximum Gasteiger partial charge on any atom is 0.321 e. The Morgan fingerprint density at radius 2 is 2.20 bits per heavy atom. The van der Waals surface area contributed by atoms with Crippen molar-refractivity contribution in [3.63, 3.8) is 0 Å². The van der Waals surface area contributed by atoms with E-state index in [-0.39, 0.29) is 12.6 Å². The highest BCUT2D eigenvalue weighted by molar-refractivity contribution is 9.10. The molecule has 2 amide bonds. The molecule has 0 spiro atoms. The summed E-state index contributed by atoms with van der Waals surface area (Å²) in [5, 5.41) is 11.8. The van der Waals surface area contributed by atoms with Crippen LogP contribution in [0.1, 0.15) is 18.4 Å². The molecular weight excluding hydrogens is 324 g/mol. The summed E-state index contributed by atoms with van der Waals surface area (Å²) in [5.74, 6) is -1.29. The van der Waals surface area contributed by atoms with Crippen LogP contribution < -0.4 is 5.32 Å². The fraction of sp³-hybridized carbons (Fsp3) is 0.429. The maximum atomic E-state index is 12.1. The van der Waals surface area contributed by atoms with Gasteiger partial charge in [0.05, 0.1) is 5.92 Å². The Bertz CT molecular complexity index is 533. The Morgan fingerprint density at radius 3 is 2.85 bits per heavy atom. The van der Waals surface area contributed by atoms with E-state index in [1.54, 1.807) is 4.90 Å². The first-order valence-electron chi connectivity index (χ1n) is 6.52. The van der Waals surface area contributed by atoms with Crippen molar-refractivity contribution in [1.29, 1.82) is 0 Å². The fourth-order valence-corrected chi connectivity index (χ4v) is 2.53. The second kappa shape index (κ2) is 6.26. The average molecular weight is 341 g/mol. The number of carboxylic acid groups (broad SMARTS) is 1. The smallest absolute Gasteiger partial charge is 0.321 e. The molecule has 0 saturated carbocycles. The van der Waals surface area contributed by atoms with Crippen molar-refractivity contribution >= 4 is 33.6 Å². The summed E-state index contributed by atoms with van der Waals surface area (Å²) in [7, 11) is 0. The summed E-state index contributed by atoms with van der Waals surface area (Å²) >= 11 is 3.41. The zero-order valence-corrected chi connectivity index (χ0v) is 12.8. The highest BCUT2D eigenvalue weighted by Gasteiger charge is 2.28. The first-order chi connectivity index (χ1) is 9.47. The lowest BCUT2D eigenvalue weighted by Crippen LogP contribution is -2.44. The molecule has 20 heavy (non-hydrogen) atoms. The SMILES string of the molecule is Cc1cc(NC(=O)N2CCCC(C(=O)O)C2)ccc1Br. The lowest BCUT2D eigenvalue weighted by Gasteiger charge is -2.30. The normalized spacial score (nSPS) is 18.7. The van der Waals surface area contributed by atoms with E-state index < -0.39 is 11.9 Å². The summed E-state index contributed by atoms with van der Waals surface area (Å²) in [5.41, 5.74) is 1.75. The Balaban J connectivity index is 2.00. The number of urea groups is 1. The van der Waals surface area contributed by atoms with Crippen LogP contribution in [0.2, 0.25) is 0 Å². The third-order valence-corrected chi connectivity index (χ3v) is 4.36. The molecule has 1 aromatic carbocycles. The van der Waals surface area contributed by atoms with E-state index >= 15 is 0 Å². The number of hydrogen-bond donors (Lipinski definition) is 2. The minimum atomic E-state index is -0.831. The van der Waals surface area contributed by atoms with Gasteiger partial charge in [0.15, 0.2) is 0 Å². The zero-order chi connectivity index (χ0) is 14.7. The molecule has 1 saturated heterocycles. The predicted octanol–water partition coefficient (Wildman–Crippen LogP) is 3.09.